The highest BCUT2D eigenvalue weighted by atomic mass is 16.2. The average molecular weight is 295 g/mol. The fourth-order valence-electron chi connectivity index (χ4n) is 3.85. The summed E-state index contributed by atoms with van der Waals surface area (Å²) in [6.45, 7) is 8.10. The van der Waals surface area contributed by atoms with Gasteiger partial charge >= 0.3 is 0 Å². The van der Waals surface area contributed by atoms with Gasteiger partial charge in [-0.05, 0) is 45.6 Å². The number of hydrogen-bond donors (Lipinski definition) is 2. The third kappa shape index (κ3) is 4.19. The largest absolute Gasteiger partial charge is 0.355 e. The lowest BCUT2D eigenvalue weighted by atomic mass is 9.79. The number of nitrogens with zero attached hydrogens (tertiary/aromatic N) is 1. The number of nitrogens with one attached hydrogen (secondary N) is 1. The van der Waals surface area contributed by atoms with Gasteiger partial charge in [-0.15, -0.1) is 0 Å². The highest BCUT2D eigenvalue weighted by Crippen LogP contribution is 2.34. The Morgan fingerprint density at radius 3 is 2.48 bits per heavy atom. The van der Waals surface area contributed by atoms with Crippen molar-refractivity contribution in [3.63, 3.8) is 0 Å². The first-order valence-electron chi connectivity index (χ1n) is 8.80. The topological polar surface area (TPSA) is 58.4 Å². The predicted molar refractivity (Wildman–Crippen MR) is 87.0 cm³/mol. The number of nitrogens with two attached hydrogens (primary N) is 1. The maximum Gasteiger partial charge on any atom is 0.227 e. The lowest BCUT2D eigenvalue weighted by Gasteiger charge is -2.30. The van der Waals surface area contributed by atoms with E-state index in [9.17, 15) is 4.79 Å². The van der Waals surface area contributed by atoms with Crippen molar-refractivity contribution in [3.8, 4) is 0 Å². The van der Waals surface area contributed by atoms with Gasteiger partial charge in [0, 0.05) is 25.7 Å². The summed E-state index contributed by atoms with van der Waals surface area (Å²) in [7, 11) is 0. The van der Waals surface area contributed by atoms with E-state index in [1.54, 1.807) is 0 Å². The van der Waals surface area contributed by atoms with E-state index in [-0.39, 0.29) is 11.3 Å². The number of amides is 1. The average Bonchev–Trinajstić information content (AvgIpc) is 2.82. The second-order valence-electron chi connectivity index (χ2n) is 7.35. The van der Waals surface area contributed by atoms with E-state index in [0.29, 0.717) is 18.5 Å². The minimum atomic E-state index is -0.285. The molecular weight excluding hydrogens is 262 g/mol. The van der Waals surface area contributed by atoms with Gasteiger partial charge in [-0.25, -0.2) is 0 Å². The lowest BCUT2D eigenvalue weighted by Crippen LogP contribution is -2.47. The summed E-state index contributed by atoms with van der Waals surface area (Å²) in [5, 5.41) is 3.23. The zero-order valence-corrected chi connectivity index (χ0v) is 13.9. The summed E-state index contributed by atoms with van der Waals surface area (Å²) in [5.41, 5.74) is 5.70. The Morgan fingerprint density at radius 2 is 1.95 bits per heavy atom. The minimum absolute atomic E-state index is 0.217. The summed E-state index contributed by atoms with van der Waals surface area (Å²) in [6, 6.07) is 0.614. The van der Waals surface area contributed by atoms with Crippen LogP contribution >= 0.6 is 0 Å². The van der Waals surface area contributed by atoms with Gasteiger partial charge in [0.15, 0.2) is 0 Å². The first-order chi connectivity index (χ1) is 10.1. The standard InChI is InChI=1S/C17H33N3O/c1-14(2)20-10-7-15(12-20)11-19-16(21)17(13-18)8-5-3-4-6-9-17/h14-15H,3-13,18H2,1-2H3,(H,19,21). The van der Waals surface area contributed by atoms with E-state index >= 15 is 0 Å². The molecule has 3 N–H and O–H groups in total. The smallest absolute Gasteiger partial charge is 0.227 e. The number of hydrogen-bond acceptors (Lipinski definition) is 3. The second kappa shape index (κ2) is 7.59. The van der Waals surface area contributed by atoms with Crippen LogP contribution in [-0.2, 0) is 4.79 Å². The first kappa shape index (κ1) is 16.8. The van der Waals surface area contributed by atoms with Crippen LogP contribution in [0, 0.1) is 11.3 Å². The van der Waals surface area contributed by atoms with E-state index in [2.05, 4.69) is 24.1 Å². The highest BCUT2D eigenvalue weighted by Gasteiger charge is 2.37. The van der Waals surface area contributed by atoms with Crippen LogP contribution in [-0.4, -0.2) is 43.0 Å². The molecule has 4 nitrogen and oxygen atoms in total. The molecule has 1 saturated carbocycles. The van der Waals surface area contributed by atoms with Crippen LogP contribution < -0.4 is 11.1 Å². The molecule has 1 unspecified atom stereocenters. The first-order valence-corrected chi connectivity index (χ1v) is 8.80. The van der Waals surface area contributed by atoms with Crippen LogP contribution in [0.25, 0.3) is 0 Å². The maximum absolute atomic E-state index is 12.7. The summed E-state index contributed by atoms with van der Waals surface area (Å²) in [5.74, 6) is 0.826. The Balaban J connectivity index is 1.83. The molecule has 0 aromatic carbocycles. The fraction of sp³-hybridized carbons (Fsp3) is 0.941. The van der Waals surface area contributed by atoms with Gasteiger partial charge < -0.3 is 16.0 Å². The molecule has 1 heterocycles. The van der Waals surface area contributed by atoms with Crippen molar-refractivity contribution in [1.82, 2.24) is 10.2 Å². The molecule has 1 amide bonds. The van der Waals surface area contributed by atoms with Crippen molar-refractivity contribution in [2.45, 2.75) is 64.8 Å². The molecule has 0 radical (unpaired) electrons. The number of carbonyl (C=O) groups is 1. The highest BCUT2D eigenvalue weighted by molar-refractivity contribution is 5.82. The predicted octanol–water partition coefficient (Wildman–Crippen LogP) is 2.13. The number of rotatable bonds is 5. The van der Waals surface area contributed by atoms with Gasteiger partial charge in [0.1, 0.15) is 0 Å². The molecule has 122 valence electrons. The zero-order chi connectivity index (χ0) is 15.3. The van der Waals surface area contributed by atoms with Crippen LogP contribution in [0.15, 0.2) is 0 Å². The van der Waals surface area contributed by atoms with E-state index in [0.717, 1.165) is 38.8 Å². The van der Waals surface area contributed by atoms with Crippen LogP contribution in [0.1, 0.15) is 58.8 Å². The fourth-order valence-corrected chi connectivity index (χ4v) is 3.85. The third-order valence-electron chi connectivity index (χ3n) is 5.53. The van der Waals surface area contributed by atoms with Crippen molar-refractivity contribution in [3.05, 3.63) is 0 Å². The Labute approximate surface area is 129 Å². The van der Waals surface area contributed by atoms with E-state index < -0.39 is 0 Å². The molecule has 0 aromatic heterocycles. The molecule has 2 fully saturated rings. The van der Waals surface area contributed by atoms with Crippen molar-refractivity contribution in [2.75, 3.05) is 26.2 Å². The van der Waals surface area contributed by atoms with E-state index in [1.165, 1.54) is 25.8 Å². The van der Waals surface area contributed by atoms with Crippen molar-refractivity contribution >= 4 is 5.91 Å². The minimum Gasteiger partial charge on any atom is -0.355 e. The van der Waals surface area contributed by atoms with E-state index in [1.807, 2.05) is 0 Å². The Morgan fingerprint density at radius 1 is 1.29 bits per heavy atom. The van der Waals surface area contributed by atoms with Gasteiger partial charge in [0.05, 0.1) is 5.41 Å². The molecule has 0 bridgehead atoms. The van der Waals surface area contributed by atoms with Gasteiger partial charge in [-0.3, -0.25) is 4.79 Å². The molecule has 0 spiro atoms. The molecule has 1 aliphatic carbocycles. The van der Waals surface area contributed by atoms with Crippen molar-refractivity contribution in [1.29, 1.82) is 0 Å². The molecule has 1 atom stereocenters. The molecule has 2 aliphatic rings. The summed E-state index contributed by atoms with van der Waals surface area (Å²) in [4.78, 5) is 15.2. The van der Waals surface area contributed by atoms with Gasteiger partial charge in [0.25, 0.3) is 0 Å². The van der Waals surface area contributed by atoms with Gasteiger partial charge in [-0.2, -0.15) is 0 Å². The summed E-state index contributed by atoms with van der Waals surface area (Å²) >= 11 is 0. The zero-order valence-electron chi connectivity index (χ0n) is 13.9. The Kier molecular flexibility index (Phi) is 6.06. The molecular formula is C17H33N3O. The molecule has 2 rings (SSSR count). The van der Waals surface area contributed by atoms with Crippen molar-refractivity contribution < 1.29 is 4.79 Å². The third-order valence-corrected chi connectivity index (χ3v) is 5.53. The normalized spacial score (nSPS) is 26.8. The summed E-state index contributed by atoms with van der Waals surface area (Å²) in [6.07, 6.45) is 7.94. The van der Waals surface area contributed by atoms with Crippen LogP contribution in [0.3, 0.4) is 0 Å². The number of carbonyl (C=O) groups excluding carboxylic acids is 1. The Hall–Kier alpha value is -0.610. The molecule has 0 aromatic rings. The molecule has 1 saturated heterocycles. The van der Waals surface area contributed by atoms with Crippen molar-refractivity contribution in [2.24, 2.45) is 17.1 Å². The molecule has 4 heteroatoms. The number of likely N-dealkylation sites (tertiary alicyclic amines) is 1. The summed E-state index contributed by atoms with van der Waals surface area (Å²) < 4.78 is 0. The van der Waals surface area contributed by atoms with Crippen LogP contribution in [0.2, 0.25) is 0 Å². The monoisotopic (exact) mass is 295 g/mol. The SMILES string of the molecule is CC(C)N1CCC(CNC(=O)C2(CN)CCCCCC2)C1. The van der Waals surface area contributed by atoms with Gasteiger partial charge in [-0.1, -0.05) is 25.7 Å². The molecule has 1 aliphatic heterocycles. The van der Waals surface area contributed by atoms with Crippen LogP contribution in [0.5, 0.6) is 0 Å². The van der Waals surface area contributed by atoms with Crippen LogP contribution in [0.4, 0.5) is 0 Å². The van der Waals surface area contributed by atoms with E-state index in [4.69, 9.17) is 5.73 Å². The second-order valence-corrected chi connectivity index (χ2v) is 7.35. The quantitative estimate of drug-likeness (QED) is 0.764. The van der Waals surface area contributed by atoms with Gasteiger partial charge in [0.2, 0.25) is 5.91 Å². The maximum atomic E-state index is 12.7. The lowest BCUT2D eigenvalue weighted by molar-refractivity contribution is -0.131. The molecule has 21 heavy (non-hydrogen) atoms. The Bertz CT molecular complexity index is 335.